The van der Waals surface area contributed by atoms with Crippen molar-refractivity contribution in [3.63, 3.8) is 0 Å². The molecule has 1 rings (SSSR count). The predicted octanol–water partition coefficient (Wildman–Crippen LogP) is 0.657. The van der Waals surface area contributed by atoms with Gasteiger partial charge < -0.3 is 4.90 Å². The van der Waals surface area contributed by atoms with Crippen LogP contribution in [0.2, 0.25) is 0 Å². The number of nitrogens with zero attached hydrogens (tertiary/aromatic N) is 2. The quantitative estimate of drug-likeness (QED) is 0.486. The highest BCUT2D eigenvalue weighted by molar-refractivity contribution is 5.99. The SMILES string of the molecule is CN=C1CCCC(=O)N1C. The molecule has 1 saturated heterocycles. The average Bonchev–Trinajstić information content (AvgIpc) is 1.95. The van der Waals surface area contributed by atoms with E-state index in [1.54, 1.807) is 19.0 Å². The fourth-order valence-corrected chi connectivity index (χ4v) is 1.14. The number of hydrogen-bond donors (Lipinski definition) is 0. The van der Waals surface area contributed by atoms with Gasteiger partial charge in [-0.15, -0.1) is 0 Å². The van der Waals surface area contributed by atoms with Crippen molar-refractivity contribution < 1.29 is 4.79 Å². The molecule has 0 unspecified atom stereocenters. The second-order valence-corrected chi connectivity index (χ2v) is 2.45. The van der Waals surface area contributed by atoms with Crippen LogP contribution in [0.4, 0.5) is 0 Å². The van der Waals surface area contributed by atoms with Gasteiger partial charge in [-0.3, -0.25) is 9.79 Å². The lowest BCUT2D eigenvalue weighted by Gasteiger charge is -2.23. The Bertz CT molecular complexity index is 174. The van der Waals surface area contributed by atoms with Gasteiger partial charge in [0.15, 0.2) is 0 Å². The van der Waals surface area contributed by atoms with Crippen molar-refractivity contribution in [1.82, 2.24) is 4.90 Å². The van der Waals surface area contributed by atoms with Gasteiger partial charge in [0.2, 0.25) is 5.91 Å². The first kappa shape index (κ1) is 7.25. The van der Waals surface area contributed by atoms with Crippen molar-refractivity contribution in [3.8, 4) is 0 Å². The minimum Gasteiger partial charge on any atom is -0.304 e. The Labute approximate surface area is 60.7 Å². The average molecular weight is 140 g/mol. The van der Waals surface area contributed by atoms with Gasteiger partial charge in [-0.1, -0.05) is 0 Å². The van der Waals surface area contributed by atoms with Crippen molar-refractivity contribution >= 4 is 11.7 Å². The summed E-state index contributed by atoms with van der Waals surface area (Å²) in [7, 11) is 3.51. The van der Waals surface area contributed by atoms with E-state index in [9.17, 15) is 4.79 Å². The van der Waals surface area contributed by atoms with Crippen LogP contribution in [0.3, 0.4) is 0 Å². The maximum atomic E-state index is 11.0. The highest BCUT2D eigenvalue weighted by Gasteiger charge is 2.18. The molecule has 0 N–H and O–H groups in total. The molecule has 1 aliphatic heterocycles. The van der Waals surface area contributed by atoms with Gasteiger partial charge in [0.1, 0.15) is 5.84 Å². The Balaban J connectivity index is 2.69. The molecular weight excluding hydrogens is 128 g/mol. The molecular formula is C7H12N2O. The molecule has 1 fully saturated rings. The summed E-state index contributed by atoms with van der Waals surface area (Å²) < 4.78 is 0. The van der Waals surface area contributed by atoms with Crippen LogP contribution >= 0.6 is 0 Å². The summed E-state index contributed by atoms with van der Waals surface area (Å²) in [6.07, 6.45) is 2.57. The number of amides is 1. The van der Waals surface area contributed by atoms with E-state index in [0.29, 0.717) is 6.42 Å². The summed E-state index contributed by atoms with van der Waals surface area (Å²) >= 11 is 0. The van der Waals surface area contributed by atoms with E-state index in [4.69, 9.17) is 0 Å². The summed E-state index contributed by atoms with van der Waals surface area (Å²) in [6, 6.07) is 0. The fourth-order valence-electron chi connectivity index (χ4n) is 1.14. The van der Waals surface area contributed by atoms with Gasteiger partial charge in [0, 0.05) is 26.9 Å². The number of piperidine rings is 1. The summed E-state index contributed by atoms with van der Waals surface area (Å²) in [5, 5.41) is 0. The van der Waals surface area contributed by atoms with E-state index in [2.05, 4.69) is 4.99 Å². The molecule has 10 heavy (non-hydrogen) atoms. The third kappa shape index (κ3) is 1.17. The number of amidine groups is 1. The second-order valence-electron chi connectivity index (χ2n) is 2.45. The van der Waals surface area contributed by atoms with Crippen molar-refractivity contribution in [1.29, 1.82) is 0 Å². The van der Waals surface area contributed by atoms with Crippen molar-refractivity contribution in [2.75, 3.05) is 14.1 Å². The molecule has 1 amide bonds. The monoisotopic (exact) mass is 140 g/mol. The zero-order valence-electron chi connectivity index (χ0n) is 6.42. The Kier molecular flexibility index (Phi) is 2.04. The van der Waals surface area contributed by atoms with Crippen LogP contribution in [0.5, 0.6) is 0 Å². The molecule has 0 saturated carbocycles. The number of likely N-dealkylation sites (tertiary alicyclic amines) is 1. The van der Waals surface area contributed by atoms with E-state index >= 15 is 0 Å². The molecule has 0 spiro atoms. The van der Waals surface area contributed by atoms with Gasteiger partial charge in [0.05, 0.1) is 0 Å². The van der Waals surface area contributed by atoms with Crippen LogP contribution in [-0.2, 0) is 4.79 Å². The Hall–Kier alpha value is -0.860. The molecule has 0 radical (unpaired) electrons. The van der Waals surface area contributed by atoms with Gasteiger partial charge in [0.25, 0.3) is 0 Å². The minimum absolute atomic E-state index is 0.187. The molecule has 1 heterocycles. The summed E-state index contributed by atoms with van der Waals surface area (Å²) in [4.78, 5) is 16.7. The number of rotatable bonds is 0. The van der Waals surface area contributed by atoms with E-state index < -0.39 is 0 Å². The molecule has 0 atom stereocenters. The number of hydrogen-bond acceptors (Lipinski definition) is 2. The van der Waals surface area contributed by atoms with Gasteiger partial charge in [-0.25, -0.2) is 0 Å². The predicted molar refractivity (Wildman–Crippen MR) is 40.0 cm³/mol. The summed E-state index contributed by atoms with van der Waals surface area (Å²) in [5.74, 6) is 1.10. The van der Waals surface area contributed by atoms with Crippen LogP contribution < -0.4 is 0 Å². The molecule has 56 valence electrons. The molecule has 0 aromatic heterocycles. The smallest absolute Gasteiger partial charge is 0.227 e. The minimum atomic E-state index is 0.187. The van der Waals surface area contributed by atoms with Crippen molar-refractivity contribution in [3.05, 3.63) is 0 Å². The highest BCUT2D eigenvalue weighted by Crippen LogP contribution is 2.10. The maximum absolute atomic E-state index is 11.0. The zero-order chi connectivity index (χ0) is 7.56. The van der Waals surface area contributed by atoms with Crippen LogP contribution in [0, 0.1) is 0 Å². The van der Waals surface area contributed by atoms with Crippen molar-refractivity contribution in [2.24, 2.45) is 4.99 Å². The van der Waals surface area contributed by atoms with Gasteiger partial charge in [-0.05, 0) is 6.42 Å². The van der Waals surface area contributed by atoms with E-state index in [-0.39, 0.29) is 5.91 Å². The van der Waals surface area contributed by atoms with Crippen molar-refractivity contribution in [2.45, 2.75) is 19.3 Å². The first-order chi connectivity index (χ1) is 4.75. The molecule has 0 aromatic carbocycles. The van der Waals surface area contributed by atoms with E-state index in [1.165, 1.54) is 0 Å². The first-order valence-corrected chi connectivity index (χ1v) is 3.48. The van der Waals surface area contributed by atoms with Crippen LogP contribution in [0.25, 0.3) is 0 Å². The maximum Gasteiger partial charge on any atom is 0.227 e. The third-order valence-electron chi connectivity index (χ3n) is 1.81. The van der Waals surface area contributed by atoms with E-state index in [0.717, 1.165) is 18.7 Å². The Morgan fingerprint density at radius 2 is 2.20 bits per heavy atom. The zero-order valence-corrected chi connectivity index (χ0v) is 6.42. The molecule has 3 nitrogen and oxygen atoms in total. The highest BCUT2D eigenvalue weighted by atomic mass is 16.2. The normalized spacial score (nSPS) is 24.0. The standard InChI is InChI=1S/C7H12N2O/c1-8-6-4-3-5-7(10)9(6)2/h3-5H2,1-2H3. The number of carbonyl (C=O) groups is 1. The second kappa shape index (κ2) is 2.82. The molecule has 0 aromatic rings. The third-order valence-corrected chi connectivity index (χ3v) is 1.81. The van der Waals surface area contributed by atoms with Crippen LogP contribution in [0.1, 0.15) is 19.3 Å². The molecule has 3 heteroatoms. The van der Waals surface area contributed by atoms with Crippen LogP contribution in [-0.4, -0.2) is 30.7 Å². The number of aliphatic imine (C=N–C) groups is 1. The summed E-state index contributed by atoms with van der Waals surface area (Å²) in [5.41, 5.74) is 0. The van der Waals surface area contributed by atoms with Gasteiger partial charge in [-0.2, -0.15) is 0 Å². The Morgan fingerprint density at radius 3 is 2.70 bits per heavy atom. The molecule has 0 bridgehead atoms. The fraction of sp³-hybridized carbons (Fsp3) is 0.714. The first-order valence-electron chi connectivity index (χ1n) is 3.48. The topological polar surface area (TPSA) is 32.7 Å². The lowest BCUT2D eigenvalue weighted by molar-refractivity contribution is -0.127. The number of carbonyl (C=O) groups excluding carboxylic acids is 1. The molecule has 0 aliphatic carbocycles. The van der Waals surface area contributed by atoms with E-state index in [1.807, 2.05) is 0 Å². The Morgan fingerprint density at radius 1 is 1.50 bits per heavy atom. The van der Waals surface area contributed by atoms with Crippen LogP contribution in [0.15, 0.2) is 4.99 Å². The largest absolute Gasteiger partial charge is 0.304 e. The summed E-state index contributed by atoms with van der Waals surface area (Å²) in [6.45, 7) is 0. The lowest BCUT2D eigenvalue weighted by atomic mass is 10.1. The lowest BCUT2D eigenvalue weighted by Crippen LogP contribution is -2.36. The molecule has 1 aliphatic rings. The van der Waals surface area contributed by atoms with Gasteiger partial charge >= 0.3 is 0 Å².